The fourth-order valence-electron chi connectivity index (χ4n) is 4.76. The van der Waals surface area contributed by atoms with Gasteiger partial charge in [0.25, 0.3) is 5.56 Å². The zero-order valence-corrected chi connectivity index (χ0v) is 17.9. The topological polar surface area (TPSA) is 79.3 Å². The summed E-state index contributed by atoms with van der Waals surface area (Å²) in [5.74, 6) is -0.974. The second kappa shape index (κ2) is 7.50. The lowest BCUT2D eigenvalue weighted by molar-refractivity contribution is -0.153. The van der Waals surface area contributed by atoms with E-state index in [9.17, 15) is 22.8 Å². The van der Waals surface area contributed by atoms with E-state index in [2.05, 4.69) is 4.98 Å². The van der Waals surface area contributed by atoms with Gasteiger partial charge in [0, 0.05) is 23.7 Å². The Morgan fingerprint density at radius 2 is 1.88 bits per heavy atom. The lowest BCUT2D eigenvalue weighted by Gasteiger charge is -2.20. The summed E-state index contributed by atoms with van der Waals surface area (Å²) in [7, 11) is 1.49. The molecule has 33 heavy (non-hydrogen) atoms. The maximum Gasteiger partial charge on any atom is 0.451 e. The van der Waals surface area contributed by atoms with Crippen LogP contribution in [0, 0.1) is 6.92 Å². The van der Waals surface area contributed by atoms with E-state index in [0.29, 0.717) is 39.6 Å². The van der Waals surface area contributed by atoms with E-state index in [1.807, 2.05) is 0 Å². The van der Waals surface area contributed by atoms with Gasteiger partial charge in [0.1, 0.15) is 22.7 Å². The first kappa shape index (κ1) is 21.3. The molecule has 0 saturated heterocycles. The molecule has 0 bridgehead atoms. The summed E-state index contributed by atoms with van der Waals surface area (Å²) >= 11 is 0. The highest BCUT2D eigenvalue weighted by Crippen LogP contribution is 2.37. The molecule has 0 amide bonds. The normalized spacial score (nSPS) is 15.1. The van der Waals surface area contributed by atoms with Crippen LogP contribution in [-0.4, -0.2) is 21.2 Å². The molecule has 1 aliphatic carbocycles. The molecule has 172 valence electrons. The third kappa shape index (κ3) is 3.23. The molecule has 5 rings (SSSR count). The van der Waals surface area contributed by atoms with Crippen LogP contribution in [0.5, 0.6) is 5.75 Å². The first-order valence-electron chi connectivity index (χ1n) is 10.5. The number of pyridine rings is 1. The van der Waals surface area contributed by atoms with E-state index in [-0.39, 0.29) is 17.2 Å². The summed E-state index contributed by atoms with van der Waals surface area (Å²) in [6, 6.07) is 5.97. The number of para-hydroxylation sites is 1. The Kier molecular flexibility index (Phi) is 4.84. The zero-order valence-electron chi connectivity index (χ0n) is 17.9. The van der Waals surface area contributed by atoms with Crippen LogP contribution in [0.2, 0.25) is 0 Å². The lowest BCUT2D eigenvalue weighted by atomic mass is 10.1. The number of methoxy groups -OCH3 is 1. The van der Waals surface area contributed by atoms with E-state index in [4.69, 9.17) is 9.15 Å². The highest BCUT2D eigenvalue weighted by molar-refractivity contribution is 6.05. The van der Waals surface area contributed by atoms with Gasteiger partial charge in [-0.05, 0) is 25.8 Å². The molecule has 3 aromatic heterocycles. The van der Waals surface area contributed by atoms with Crippen LogP contribution in [0.4, 0.5) is 13.2 Å². The maximum absolute atomic E-state index is 13.7. The van der Waals surface area contributed by atoms with Crippen LogP contribution in [-0.2, 0) is 6.18 Å². The molecule has 0 N–H and O–H groups in total. The third-order valence-corrected chi connectivity index (χ3v) is 6.15. The highest BCUT2D eigenvalue weighted by Gasteiger charge is 2.40. The number of aryl methyl sites for hydroxylation is 1. The Labute approximate surface area is 185 Å². The molecule has 0 radical (unpaired) electrons. The van der Waals surface area contributed by atoms with Gasteiger partial charge in [-0.3, -0.25) is 14.3 Å². The van der Waals surface area contributed by atoms with Crippen molar-refractivity contribution in [1.29, 1.82) is 0 Å². The molecule has 1 saturated carbocycles. The smallest absolute Gasteiger partial charge is 0.451 e. The van der Waals surface area contributed by atoms with Crippen LogP contribution < -0.4 is 16.0 Å². The second-order valence-electron chi connectivity index (χ2n) is 8.18. The average molecular weight is 459 g/mol. The van der Waals surface area contributed by atoms with Crippen molar-refractivity contribution in [2.24, 2.45) is 0 Å². The predicted octanol–water partition coefficient (Wildman–Crippen LogP) is 4.74. The molecule has 7 nitrogen and oxygen atoms in total. The Bertz CT molecular complexity index is 1510. The Balaban J connectivity index is 1.97. The van der Waals surface area contributed by atoms with Crippen LogP contribution in [0.15, 0.2) is 44.5 Å². The Morgan fingerprint density at radius 3 is 2.55 bits per heavy atom. The van der Waals surface area contributed by atoms with Crippen molar-refractivity contribution >= 4 is 21.8 Å². The van der Waals surface area contributed by atoms with Crippen molar-refractivity contribution in [3.05, 3.63) is 62.8 Å². The standard InChI is InChI=1S/C23H20F3N3O4/c1-12-10-16(20(33-12)23(24,25)26)29-21(30)15-11-27-18-14(8-5-9-17(18)32-2)19(15)28(22(29)31)13-6-3-4-7-13/h5,8-11,13H,3-4,6-7H2,1-2H3. The minimum atomic E-state index is -4.88. The number of hydrogen-bond donors (Lipinski definition) is 0. The van der Waals surface area contributed by atoms with Gasteiger partial charge < -0.3 is 9.15 Å². The quantitative estimate of drug-likeness (QED) is 0.414. The summed E-state index contributed by atoms with van der Waals surface area (Å²) < 4.78 is 53.3. The molecular formula is C23H20F3N3O4. The van der Waals surface area contributed by atoms with Crippen molar-refractivity contribution in [3.63, 3.8) is 0 Å². The van der Waals surface area contributed by atoms with Gasteiger partial charge in [0.05, 0.1) is 18.0 Å². The molecule has 3 heterocycles. The molecule has 10 heteroatoms. The lowest BCUT2D eigenvalue weighted by Crippen LogP contribution is -2.41. The SMILES string of the molecule is COc1cccc2c1ncc1c(=O)n(-c3cc(C)oc3C(F)(F)F)c(=O)n(C3CCCC3)c12. The fraction of sp³-hybridized carbons (Fsp3) is 0.348. The fourth-order valence-corrected chi connectivity index (χ4v) is 4.76. The van der Waals surface area contributed by atoms with Crippen molar-refractivity contribution in [3.8, 4) is 11.4 Å². The number of benzene rings is 1. The number of furan rings is 1. The molecule has 4 aromatic rings. The van der Waals surface area contributed by atoms with Gasteiger partial charge in [-0.15, -0.1) is 0 Å². The van der Waals surface area contributed by atoms with Gasteiger partial charge in [-0.25, -0.2) is 9.36 Å². The van der Waals surface area contributed by atoms with Gasteiger partial charge in [0.15, 0.2) is 0 Å². The second-order valence-corrected chi connectivity index (χ2v) is 8.18. The molecule has 0 atom stereocenters. The van der Waals surface area contributed by atoms with Crippen LogP contribution >= 0.6 is 0 Å². The van der Waals surface area contributed by atoms with Crippen molar-refractivity contribution < 1.29 is 22.3 Å². The molecule has 1 fully saturated rings. The molecule has 1 aromatic carbocycles. The summed E-state index contributed by atoms with van der Waals surface area (Å²) in [4.78, 5) is 31.6. The van der Waals surface area contributed by atoms with Crippen molar-refractivity contribution in [2.75, 3.05) is 7.11 Å². The number of nitrogens with zero attached hydrogens (tertiary/aromatic N) is 3. The average Bonchev–Trinajstić information content (AvgIpc) is 3.43. The summed E-state index contributed by atoms with van der Waals surface area (Å²) in [6.45, 7) is 1.33. The number of halogens is 3. The van der Waals surface area contributed by atoms with Crippen molar-refractivity contribution in [1.82, 2.24) is 14.1 Å². The van der Waals surface area contributed by atoms with Gasteiger partial charge in [-0.2, -0.15) is 13.2 Å². The molecule has 1 aliphatic rings. The number of aromatic nitrogens is 3. The molecular weight excluding hydrogens is 439 g/mol. The van der Waals surface area contributed by atoms with E-state index < -0.39 is 28.9 Å². The molecule has 0 unspecified atom stereocenters. The number of hydrogen-bond acceptors (Lipinski definition) is 5. The van der Waals surface area contributed by atoms with E-state index in [1.165, 1.54) is 24.8 Å². The maximum atomic E-state index is 13.7. The number of alkyl halides is 3. The first-order chi connectivity index (χ1) is 15.7. The van der Waals surface area contributed by atoms with Crippen LogP contribution in [0.25, 0.3) is 27.5 Å². The summed E-state index contributed by atoms with van der Waals surface area (Å²) in [5, 5.41) is 0.578. The molecule has 0 spiro atoms. The third-order valence-electron chi connectivity index (χ3n) is 6.15. The van der Waals surface area contributed by atoms with Crippen molar-refractivity contribution in [2.45, 2.75) is 44.8 Å². The largest absolute Gasteiger partial charge is 0.494 e. The summed E-state index contributed by atoms with van der Waals surface area (Å²) in [5.41, 5.74) is -1.51. The first-order valence-corrected chi connectivity index (χ1v) is 10.5. The van der Waals surface area contributed by atoms with Gasteiger partial charge in [-0.1, -0.05) is 25.0 Å². The monoisotopic (exact) mass is 459 g/mol. The van der Waals surface area contributed by atoms with Crippen LogP contribution in [0.3, 0.4) is 0 Å². The number of fused-ring (bicyclic) bond motifs is 3. The van der Waals surface area contributed by atoms with E-state index in [1.54, 1.807) is 18.2 Å². The number of ether oxygens (including phenoxy) is 1. The Hall–Kier alpha value is -3.56. The van der Waals surface area contributed by atoms with Gasteiger partial charge in [0.2, 0.25) is 5.76 Å². The molecule has 0 aliphatic heterocycles. The minimum absolute atomic E-state index is 0.0502. The zero-order chi connectivity index (χ0) is 23.5. The predicted molar refractivity (Wildman–Crippen MR) is 115 cm³/mol. The Morgan fingerprint density at radius 1 is 1.15 bits per heavy atom. The van der Waals surface area contributed by atoms with Crippen LogP contribution in [0.1, 0.15) is 43.2 Å². The van der Waals surface area contributed by atoms with Gasteiger partial charge >= 0.3 is 11.9 Å². The minimum Gasteiger partial charge on any atom is -0.494 e. The van der Waals surface area contributed by atoms with E-state index >= 15 is 0 Å². The number of rotatable bonds is 3. The summed E-state index contributed by atoms with van der Waals surface area (Å²) in [6.07, 6.45) is -0.470. The highest BCUT2D eigenvalue weighted by atomic mass is 19.4. The van der Waals surface area contributed by atoms with E-state index in [0.717, 1.165) is 18.9 Å².